The first-order chi connectivity index (χ1) is 11.5. The summed E-state index contributed by atoms with van der Waals surface area (Å²) in [6.07, 6.45) is 0. The van der Waals surface area contributed by atoms with E-state index in [1.165, 1.54) is 7.11 Å². The molecule has 0 aliphatic rings. The Bertz CT molecular complexity index is 914. The van der Waals surface area contributed by atoms with Gasteiger partial charge in [-0.05, 0) is 47.5 Å². The Morgan fingerprint density at radius 2 is 1.75 bits per heavy atom. The topological polar surface area (TPSA) is 35.5 Å². The first-order valence-corrected chi connectivity index (χ1v) is 8.41. The number of aryl methyl sites for hydroxylation is 1. The molecule has 0 N–H and O–H groups in total. The second-order valence-electron chi connectivity index (χ2n) is 5.32. The van der Waals surface area contributed by atoms with E-state index in [9.17, 15) is 4.79 Å². The summed E-state index contributed by atoms with van der Waals surface area (Å²) in [5.74, 6) is 0.301. The monoisotopic (exact) mass is 404 g/mol. The van der Waals surface area contributed by atoms with Gasteiger partial charge in [-0.1, -0.05) is 51.8 Å². The summed E-state index contributed by atoms with van der Waals surface area (Å²) in [7, 11) is 1.53. The van der Waals surface area contributed by atoms with Crippen LogP contribution in [0.25, 0.3) is 10.8 Å². The second kappa shape index (κ2) is 6.83. The molecule has 0 heterocycles. The molecule has 0 saturated heterocycles. The van der Waals surface area contributed by atoms with Crippen molar-refractivity contribution in [3.8, 4) is 11.5 Å². The van der Waals surface area contributed by atoms with Crippen molar-refractivity contribution in [3.63, 3.8) is 0 Å². The number of hydrogen-bond acceptors (Lipinski definition) is 3. The van der Waals surface area contributed by atoms with Gasteiger partial charge in [-0.3, -0.25) is 0 Å². The molecule has 122 valence electrons. The number of benzene rings is 3. The van der Waals surface area contributed by atoms with E-state index in [1.54, 1.807) is 12.1 Å². The highest BCUT2D eigenvalue weighted by Crippen LogP contribution is 2.34. The molecule has 0 bridgehead atoms. The fourth-order valence-electron chi connectivity index (χ4n) is 2.51. The Morgan fingerprint density at radius 1 is 1.08 bits per heavy atom. The molecule has 0 spiro atoms. The van der Waals surface area contributed by atoms with Gasteiger partial charge in [-0.25, -0.2) is 4.79 Å². The third-order valence-corrected chi connectivity index (χ3v) is 4.42. The molecule has 24 heavy (non-hydrogen) atoms. The number of carbonyl (C=O) groups is 1. The summed E-state index contributed by atoms with van der Waals surface area (Å²) in [5.41, 5.74) is 1.12. The molecule has 3 aromatic carbocycles. The predicted octanol–water partition coefficient (Wildman–Crippen LogP) is 5.79. The van der Waals surface area contributed by atoms with Crippen LogP contribution < -0.4 is 9.47 Å². The van der Waals surface area contributed by atoms with Crippen LogP contribution in [-0.2, 0) is 0 Å². The Morgan fingerprint density at radius 3 is 2.38 bits per heavy atom. The lowest BCUT2D eigenvalue weighted by atomic mass is 10.1. The highest BCUT2D eigenvalue weighted by Gasteiger charge is 2.18. The van der Waals surface area contributed by atoms with E-state index in [-0.39, 0.29) is 0 Å². The van der Waals surface area contributed by atoms with Gasteiger partial charge in [0.25, 0.3) is 0 Å². The van der Waals surface area contributed by atoms with Gasteiger partial charge < -0.3 is 9.47 Å². The summed E-state index contributed by atoms with van der Waals surface area (Å²) in [6, 6.07) is 14.9. The molecule has 3 aromatic rings. The van der Waals surface area contributed by atoms with Crippen LogP contribution in [0.15, 0.2) is 53.0 Å². The maximum atomic E-state index is 12.7. The van der Waals surface area contributed by atoms with Crippen molar-refractivity contribution in [1.82, 2.24) is 0 Å². The third kappa shape index (κ3) is 3.25. The largest absolute Gasteiger partial charge is 0.496 e. The molecule has 0 aliphatic heterocycles. The number of halogens is 2. The van der Waals surface area contributed by atoms with Crippen molar-refractivity contribution in [2.45, 2.75) is 6.92 Å². The Labute approximate surface area is 153 Å². The van der Waals surface area contributed by atoms with E-state index in [1.807, 2.05) is 43.3 Å². The number of fused-ring (bicyclic) bond motifs is 1. The van der Waals surface area contributed by atoms with Gasteiger partial charge in [-0.15, -0.1) is 0 Å². The minimum absolute atomic E-state index is 0.347. The minimum Gasteiger partial charge on any atom is -0.496 e. The average molecular weight is 406 g/mol. The van der Waals surface area contributed by atoms with Gasteiger partial charge in [0.05, 0.1) is 12.1 Å². The standard InChI is InChI=1S/C19H14BrClO3/c1-11-7-14(20)10-16(21)18(11)24-19(22)15-8-12-5-3-4-6-13(12)9-17(15)23-2/h3-10H,1-2H3. The molecule has 0 amide bonds. The number of rotatable bonds is 3. The second-order valence-corrected chi connectivity index (χ2v) is 6.65. The molecule has 0 aromatic heterocycles. The molecular formula is C19H14BrClO3. The third-order valence-electron chi connectivity index (χ3n) is 3.68. The zero-order valence-corrected chi connectivity index (χ0v) is 15.4. The van der Waals surface area contributed by atoms with Gasteiger partial charge >= 0.3 is 5.97 Å². The smallest absolute Gasteiger partial charge is 0.347 e. The normalized spacial score (nSPS) is 10.7. The van der Waals surface area contributed by atoms with Crippen molar-refractivity contribution >= 4 is 44.3 Å². The summed E-state index contributed by atoms with van der Waals surface area (Å²) in [6.45, 7) is 1.83. The van der Waals surface area contributed by atoms with E-state index in [0.29, 0.717) is 22.1 Å². The summed E-state index contributed by atoms with van der Waals surface area (Å²) >= 11 is 9.56. The number of ether oxygens (including phenoxy) is 2. The lowest BCUT2D eigenvalue weighted by Gasteiger charge is -2.13. The minimum atomic E-state index is -0.509. The zero-order valence-electron chi connectivity index (χ0n) is 13.1. The predicted molar refractivity (Wildman–Crippen MR) is 99.3 cm³/mol. The van der Waals surface area contributed by atoms with Crippen LogP contribution in [0.1, 0.15) is 15.9 Å². The SMILES string of the molecule is COc1cc2ccccc2cc1C(=O)Oc1c(C)cc(Br)cc1Cl. The summed E-state index contributed by atoms with van der Waals surface area (Å²) < 4.78 is 11.7. The molecule has 0 radical (unpaired) electrons. The zero-order chi connectivity index (χ0) is 17.3. The number of hydrogen-bond donors (Lipinski definition) is 0. The Balaban J connectivity index is 2.03. The fraction of sp³-hybridized carbons (Fsp3) is 0.105. The van der Waals surface area contributed by atoms with Crippen LogP contribution >= 0.6 is 27.5 Å². The highest BCUT2D eigenvalue weighted by molar-refractivity contribution is 9.10. The van der Waals surface area contributed by atoms with Gasteiger partial charge in [0.15, 0.2) is 5.75 Å². The fourth-order valence-corrected chi connectivity index (χ4v) is 3.52. The molecule has 5 heteroatoms. The Kier molecular flexibility index (Phi) is 4.78. The van der Waals surface area contributed by atoms with E-state index >= 15 is 0 Å². The maximum absolute atomic E-state index is 12.7. The average Bonchev–Trinajstić information content (AvgIpc) is 2.56. The maximum Gasteiger partial charge on any atom is 0.347 e. The first kappa shape index (κ1) is 16.8. The van der Waals surface area contributed by atoms with Crippen LogP contribution in [-0.4, -0.2) is 13.1 Å². The van der Waals surface area contributed by atoms with E-state index in [0.717, 1.165) is 20.8 Å². The van der Waals surface area contributed by atoms with Crippen molar-refractivity contribution in [3.05, 3.63) is 69.2 Å². The molecule has 3 rings (SSSR count). The van der Waals surface area contributed by atoms with Gasteiger partial charge in [0.1, 0.15) is 11.3 Å². The van der Waals surface area contributed by atoms with Crippen LogP contribution in [0.5, 0.6) is 11.5 Å². The molecule has 3 nitrogen and oxygen atoms in total. The number of carbonyl (C=O) groups excluding carboxylic acids is 1. The van der Waals surface area contributed by atoms with E-state index < -0.39 is 5.97 Å². The van der Waals surface area contributed by atoms with E-state index in [2.05, 4.69) is 15.9 Å². The van der Waals surface area contributed by atoms with Crippen molar-refractivity contribution in [2.75, 3.05) is 7.11 Å². The van der Waals surface area contributed by atoms with Crippen molar-refractivity contribution in [2.24, 2.45) is 0 Å². The lowest BCUT2D eigenvalue weighted by Crippen LogP contribution is -2.11. The molecular weight excluding hydrogens is 392 g/mol. The molecule has 0 saturated carbocycles. The first-order valence-electron chi connectivity index (χ1n) is 7.24. The van der Waals surface area contributed by atoms with Gasteiger partial charge in [0, 0.05) is 4.47 Å². The van der Waals surface area contributed by atoms with Crippen LogP contribution in [0.4, 0.5) is 0 Å². The van der Waals surface area contributed by atoms with Gasteiger partial charge in [0.2, 0.25) is 0 Å². The Hall–Kier alpha value is -2.04. The van der Waals surface area contributed by atoms with Crippen LogP contribution in [0.3, 0.4) is 0 Å². The molecule has 0 aliphatic carbocycles. The number of methoxy groups -OCH3 is 1. The van der Waals surface area contributed by atoms with Crippen molar-refractivity contribution < 1.29 is 14.3 Å². The van der Waals surface area contributed by atoms with Crippen molar-refractivity contribution in [1.29, 1.82) is 0 Å². The summed E-state index contributed by atoms with van der Waals surface area (Å²) in [5, 5.41) is 2.29. The molecule has 0 fully saturated rings. The molecule has 0 unspecified atom stereocenters. The van der Waals surface area contributed by atoms with Gasteiger partial charge in [-0.2, -0.15) is 0 Å². The lowest BCUT2D eigenvalue weighted by molar-refractivity contribution is 0.0730. The summed E-state index contributed by atoms with van der Waals surface area (Å²) in [4.78, 5) is 12.7. The van der Waals surface area contributed by atoms with E-state index in [4.69, 9.17) is 21.1 Å². The van der Waals surface area contributed by atoms with Crippen LogP contribution in [0.2, 0.25) is 5.02 Å². The molecule has 0 atom stereocenters. The highest BCUT2D eigenvalue weighted by atomic mass is 79.9. The number of esters is 1. The quantitative estimate of drug-likeness (QED) is 0.408. The van der Waals surface area contributed by atoms with Crippen LogP contribution in [0, 0.1) is 6.92 Å².